The van der Waals surface area contributed by atoms with Gasteiger partial charge in [-0.2, -0.15) is 0 Å². The van der Waals surface area contributed by atoms with Crippen molar-refractivity contribution in [1.29, 1.82) is 0 Å². The van der Waals surface area contributed by atoms with Crippen molar-refractivity contribution >= 4 is 11.9 Å². The third kappa shape index (κ3) is 8.85. The minimum atomic E-state index is -1.14. The molecule has 0 aromatic heterocycles. The van der Waals surface area contributed by atoms with Gasteiger partial charge in [-0.05, 0) is 33.6 Å². The van der Waals surface area contributed by atoms with Crippen LogP contribution < -0.4 is 5.11 Å². The topological polar surface area (TPSA) is 66.4 Å². The summed E-state index contributed by atoms with van der Waals surface area (Å²) >= 11 is 0. The minimum Gasteiger partial charge on any atom is -0.550 e. The summed E-state index contributed by atoms with van der Waals surface area (Å²) in [4.78, 5) is 21.0. The molecule has 0 heterocycles. The van der Waals surface area contributed by atoms with Gasteiger partial charge in [-0.25, -0.2) is 0 Å². The van der Waals surface area contributed by atoms with E-state index in [-0.39, 0.29) is 25.2 Å². The van der Waals surface area contributed by atoms with Crippen molar-refractivity contribution in [1.82, 2.24) is 0 Å². The Morgan fingerprint density at radius 2 is 1.77 bits per heavy atom. The van der Waals surface area contributed by atoms with Gasteiger partial charge in [0.25, 0.3) is 0 Å². The van der Waals surface area contributed by atoms with E-state index in [0.717, 1.165) is 0 Å². The van der Waals surface area contributed by atoms with Crippen LogP contribution in [0.2, 0.25) is 0 Å². The molecule has 13 heavy (non-hydrogen) atoms. The van der Waals surface area contributed by atoms with Gasteiger partial charge in [0.05, 0.1) is 0 Å². The van der Waals surface area contributed by atoms with Crippen LogP contribution in [0.15, 0.2) is 0 Å². The quantitative estimate of drug-likeness (QED) is 0.591. The van der Waals surface area contributed by atoms with Gasteiger partial charge in [0.1, 0.15) is 5.60 Å². The number of carboxylic acid groups (broad SMARTS) is 1. The number of hydrogen-bond donors (Lipinski definition) is 0. The molecule has 0 aliphatic rings. The highest BCUT2D eigenvalue weighted by atomic mass is 16.6. The Bertz CT molecular complexity index is 190. The first-order valence-electron chi connectivity index (χ1n) is 4.23. The van der Waals surface area contributed by atoms with Crippen molar-refractivity contribution in [2.24, 2.45) is 0 Å². The second kappa shape index (κ2) is 4.84. The standard InChI is InChI=1S/C9H16O4/c1-9(2,3)13-8(12)6-4-5-7(10)11/h4-6H2,1-3H3,(H,10,11)/p-1. The molecule has 0 aromatic rings. The van der Waals surface area contributed by atoms with E-state index in [9.17, 15) is 14.7 Å². The van der Waals surface area contributed by atoms with Crippen molar-refractivity contribution in [3.05, 3.63) is 0 Å². The molecule has 0 aromatic carbocycles. The molecule has 4 nitrogen and oxygen atoms in total. The molecule has 0 fully saturated rings. The van der Waals surface area contributed by atoms with Gasteiger partial charge >= 0.3 is 5.97 Å². The van der Waals surface area contributed by atoms with E-state index in [2.05, 4.69) is 0 Å². The summed E-state index contributed by atoms with van der Waals surface area (Å²) in [7, 11) is 0. The van der Waals surface area contributed by atoms with E-state index in [4.69, 9.17) is 4.74 Å². The maximum Gasteiger partial charge on any atom is 0.306 e. The number of carboxylic acids is 1. The molecule has 0 amide bonds. The number of esters is 1. The van der Waals surface area contributed by atoms with E-state index >= 15 is 0 Å². The van der Waals surface area contributed by atoms with Crippen LogP contribution in [0.3, 0.4) is 0 Å². The molecule has 0 radical (unpaired) electrons. The SMILES string of the molecule is CC(C)(C)OC(=O)CCCC(=O)[O-]. The first-order chi connectivity index (χ1) is 5.81. The fourth-order valence-corrected chi connectivity index (χ4v) is 0.770. The van der Waals surface area contributed by atoms with Gasteiger partial charge in [0, 0.05) is 12.4 Å². The van der Waals surface area contributed by atoms with Crippen LogP contribution in [0.25, 0.3) is 0 Å². The Balaban J connectivity index is 3.59. The molecular formula is C9H15O4-. The third-order valence-electron chi connectivity index (χ3n) is 1.18. The monoisotopic (exact) mass is 187 g/mol. The van der Waals surface area contributed by atoms with Crippen LogP contribution in [-0.2, 0) is 14.3 Å². The molecule has 0 bridgehead atoms. The lowest BCUT2D eigenvalue weighted by Gasteiger charge is -2.19. The smallest absolute Gasteiger partial charge is 0.306 e. The molecule has 76 valence electrons. The Hall–Kier alpha value is -1.06. The molecule has 0 aliphatic heterocycles. The number of ether oxygens (including phenoxy) is 1. The van der Waals surface area contributed by atoms with Crippen LogP contribution in [0.5, 0.6) is 0 Å². The summed E-state index contributed by atoms with van der Waals surface area (Å²) in [5.41, 5.74) is -0.501. The molecule has 4 heteroatoms. The van der Waals surface area contributed by atoms with Crippen LogP contribution in [0.1, 0.15) is 40.0 Å². The molecule has 0 rings (SSSR count). The number of rotatable bonds is 4. The Kier molecular flexibility index (Phi) is 4.45. The number of aliphatic carboxylic acids is 1. The predicted octanol–water partition coefficient (Wildman–Crippen LogP) is 0.248. The zero-order chi connectivity index (χ0) is 10.5. The van der Waals surface area contributed by atoms with Crippen molar-refractivity contribution < 1.29 is 19.4 Å². The van der Waals surface area contributed by atoms with Crippen LogP contribution in [0.4, 0.5) is 0 Å². The predicted molar refractivity (Wildman–Crippen MR) is 44.7 cm³/mol. The molecular weight excluding hydrogens is 172 g/mol. The van der Waals surface area contributed by atoms with E-state index in [1.165, 1.54) is 0 Å². The molecule has 0 unspecified atom stereocenters. The van der Waals surface area contributed by atoms with E-state index in [1.54, 1.807) is 20.8 Å². The highest BCUT2D eigenvalue weighted by molar-refractivity contribution is 5.71. The molecule has 0 saturated carbocycles. The molecule has 0 aliphatic carbocycles. The van der Waals surface area contributed by atoms with Crippen LogP contribution in [0, 0.1) is 0 Å². The maximum atomic E-state index is 11.0. The highest BCUT2D eigenvalue weighted by Crippen LogP contribution is 2.09. The van der Waals surface area contributed by atoms with E-state index < -0.39 is 11.6 Å². The van der Waals surface area contributed by atoms with Gasteiger partial charge in [-0.15, -0.1) is 0 Å². The maximum absolute atomic E-state index is 11.0. The fourth-order valence-electron chi connectivity index (χ4n) is 0.770. The van der Waals surface area contributed by atoms with Gasteiger partial charge in [0.15, 0.2) is 0 Å². The lowest BCUT2D eigenvalue weighted by molar-refractivity contribution is -0.305. The number of carbonyl (C=O) groups excluding carboxylic acids is 2. The van der Waals surface area contributed by atoms with Crippen molar-refractivity contribution in [2.45, 2.75) is 45.6 Å². The van der Waals surface area contributed by atoms with Gasteiger partial charge in [0.2, 0.25) is 0 Å². The average molecular weight is 187 g/mol. The zero-order valence-electron chi connectivity index (χ0n) is 8.25. The van der Waals surface area contributed by atoms with E-state index in [1.807, 2.05) is 0 Å². The molecule has 0 spiro atoms. The second-order valence-corrected chi connectivity index (χ2v) is 3.81. The first kappa shape index (κ1) is 11.9. The Morgan fingerprint density at radius 3 is 2.15 bits per heavy atom. The lowest BCUT2D eigenvalue weighted by Crippen LogP contribution is -2.25. The number of hydrogen-bond acceptors (Lipinski definition) is 4. The van der Waals surface area contributed by atoms with E-state index in [0.29, 0.717) is 0 Å². The summed E-state index contributed by atoms with van der Waals surface area (Å²) < 4.78 is 4.97. The van der Waals surface area contributed by atoms with Crippen molar-refractivity contribution in [3.63, 3.8) is 0 Å². The summed E-state index contributed by atoms with van der Waals surface area (Å²) in [5.74, 6) is -1.50. The van der Waals surface area contributed by atoms with Gasteiger partial charge in [-0.3, -0.25) is 4.79 Å². The summed E-state index contributed by atoms with van der Waals surface area (Å²) in [6.07, 6.45) is 0.307. The van der Waals surface area contributed by atoms with Crippen LogP contribution >= 0.6 is 0 Å². The molecule has 0 atom stereocenters. The minimum absolute atomic E-state index is 0.0980. The fraction of sp³-hybridized carbons (Fsp3) is 0.778. The first-order valence-corrected chi connectivity index (χ1v) is 4.23. The van der Waals surface area contributed by atoms with Crippen LogP contribution in [-0.4, -0.2) is 17.5 Å². The largest absolute Gasteiger partial charge is 0.550 e. The average Bonchev–Trinajstić information content (AvgIpc) is 1.81. The Labute approximate surface area is 77.9 Å². The highest BCUT2D eigenvalue weighted by Gasteiger charge is 2.15. The summed E-state index contributed by atoms with van der Waals surface area (Å²) in [5, 5.41) is 10.0. The molecule has 0 saturated heterocycles. The van der Waals surface area contributed by atoms with Gasteiger partial charge in [-0.1, -0.05) is 0 Å². The molecule has 0 N–H and O–H groups in total. The second-order valence-electron chi connectivity index (χ2n) is 3.81. The van der Waals surface area contributed by atoms with Gasteiger partial charge < -0.3 is 14.6 Å². The summed E-state index contributed by atoms with van der Waals surface area (Å²) in [6, 6.07) is 0. The third-order valence-corrected chi connectivity index (χ3v) is 1.18. The number of carbonyl (C=O) groups is 2. The Morgan fingerprint density at radius 1 is 1.23 bits per heavy atom. The normalized spacial score (nSPS) is 11.0. The van der Waals surface area contributed by atoms with Crippen molar-refractivity contribution in [3.8, 4) is 0 Å². The lowest BCUT2D eigenvalue weighted by atomic mass is 10.2. The van der Waals surface area contributed by atoms with Crippen molar-refractivity contribution in [2.75, 3.05) is 0 Å². The zero-order valence-corrected chi connectivity index (χ0v) is 8.25. The summed E-state index contributed by atoms with van der Waals surface area (Å²) in [6.45, 7) is 5.30.